The SMILES string of the molecule is CCCCCCCCCCCCCCCCCC(=O)OC[C@H](COP(C)(=O)OCCNC(=O)COCCNC(=O)CCN1C(=O)CC(C)C1=O)OC(=O)CCCCCCCCCCCCCCCCC. The summed E-state index contributed by atoms with van der Waals surface area (Å²) in [7, 11) is -3.65. The summed E-state index contributed by atoms with van der Waals surface area (Å²) < 4.78 is 40.7. The van der Waals surface area contributed by atoms with Gasteiger partial charge in [0.25, 0.3) is 0 Å². The first-order valence-electron chi connectivity index (χ1n) is 28.1. The van der Waals surface area contributed by atoms with Gasteiger partial charge in [-0.1, -0.05) is 201 Å². The van der Waals surface area contributed by atoms with E-state index in [1.165, 1.54) is 154 Å². The third-order valence-electron chi connectivity index (χ3n) is 12.8. The highest BCUT2D eigenvalue weighted by Crippen LogP contribution is 2.43. The Morgan fingerprint density at radius 1 is 0.571 bits per heavy atom. The van der Waals surface area contributed by atoms with Gasteiger partial charge in [0.05, 0.1) is 19.8 Å². The lowest BCUT2D eigenvalue weighted by atomic mass is 10.0. The molecule has 2 unspecified atom stereocenters. The van der Waals surface area contributed by atoms with Gasteiger partial charge in [-0.05, 0) is 12.8 Å². The highest BCUT2D eigenvalue weighted by molar-refractivity contribution is 7.52. The summed E-state index contributed by atoms with van der Waals surface area (Å²) in [4.78, 5) is 74.9. The summed E-state index contributed by atoms with van der Waals surface area (Å²) >= 11 is 0. The number of nitrogens with one attached hydrogen (secondary N) is 2. The lowest BCUT2D eigenvalue weighted by Crippen LogP contribution is -2.36. The molecule has 1 aliphatic rings. The first-order chi connectivity index (χ1) is 33.9. The van der Waals surface area contributed by atoms with Gasteiger partial charge in [-0.2, -0.15) is 0 Å². The first-order valence-corrected chi connectivity index (χ1v) is 30.0. The van der Waals surface area contributed by atoms with Gasteiger partial charge in [-0.25, -0.2) is 0 Å². The molecule has 1 aliphatic heterocycles. The van der Waals surface area contributed by atoms with E-state index in [9.17, 15) is 33.3 Å². The molecule has 0 saturated carbocycles. The molecule has 3 atom stereocenters. The van der Waals surface area contributed by atoms with Crippen molar-refractivity contribution in [1.82, 2.24) is 15.5 Å². The molecule has 1 fully saturated rings. The molecule has 2 N–H and O–H groups in total. The molecule has 1 heterocycles. The van der Waals surface area contributed by atoms with Crippen molar-refractivity contribution in [3.63, 3.8) is 0 Å². The molecule has 15 nitrogen and oxygen atoms in total. The maximum Gasteiger partial charge on any atom is 0.327 e. The molecule has 0 spiro atoms. The number of imide groups is 1. The van der Waals surface area contributed by atoms with Crippen molar-refractivity contribution in [2.45, 2.75) is 245 Å². The maximum atomic E-state index is 13.2. The van der Waals surface area contributed by atoms with Crippen molar-refractivity contribution < 1.29 is 56.6 Å². The van der Waals surface area contributed by atoms with E-state index in [4.69, 9.17) is 23.3 Å². The fourth-order valence-corrected chi connectivity index (χ4v) is 9.36. The summed E-state index contributed by atoms with van der Waals surface area (Å²) in [6.45, 7) is 6.78. The molecule has 0 aromatic heterocycles. The van der Waals surface area contributed by atoms with Crippen LogP contribution in [0.15, 0.2) is 0 Å². The standard InChI is InChI=1S/C54H100N3O12P/c1-5-7-9-11-13-15-17-19-21-23-25-27-29-31-33-35-52(61)66-44-48(69-53(62)36-34-32-30-28-26-24-22-20-18-16-14-12-10-8-6-2)45-68-70(4,64)67-42-39-56-50(59)46-65-41-38-55-49(58)37-40-57-51(60)43-47(3)54(57)63/h47-48H,5-46H2,1-4H3,(H,55,58)(H,56,59)/t47?,48-,70?/m1/s1. The minimum atomic E-state index is -3.65. The second-order valence-electron chi connectivity index (χ2n) is 19.6. The van der Waals surface area contributed by atoms with Crippen LogP contribution in [-0.4, -0.2) is 106 Å². The molecule has 0 aliphatic carbocycles. The largest absolute Gasteiger partial charge is 0.462 e. The molecule has 0 radical (unpaired) electrons. The van der Waals surface area contributed by atoms with Crippen molar-refractivity contribution in [3.8, 4) is 0 Å². The summed E-state index contributed by atoms with van der Waals surface area (Å²) in [6, 6.07) is 0. The third kappa shape index (κ3) is 38.8. The minimum absolute atomic E-state index is 0.0151. The predicted molar refractivity (Wildman–Crippen MR) is 277 cm³/mol. The number of likely N-dealkylation sites (tertiary alicyclic amines) is 1. The van der Waals surface area contributed by atoms with Crippen LogP contribution in [0.5, 0.6) is 0 Å². The second-order valence-corrected chi connectivity index (χ2v) is 21.6. The zero-order chi connectivity index (χ0) is 51.3. The smallest absolute Gasteiger partial charge is 0.327 e. The van der Waals surface area contributed by atoms with E-state index in [2.05, 4.69) is 24.5 Å². The number of esters is 2. The normalized spacial score (nSPS) is 15.0. The van der Waals surface area contributed by atoms with E-state index in [0.717, 1.165) is 43.4 Å². The number of nitrogens with zero attached hydrogens (tertiary/aromatic N) is 1. The fourth-order valence-electron chi connectivity index (χ4n) is 8.42. The molecule has 70 heavy (non-hydrogen) atoms. The molecule has 0 bridgehead atoms. The number of rotatable bonds is 50. The topological polar surface area (TPSA) is 193 Å². The molecule has 16 heteroatoms. The van der Waals surface area contributed by atoms with E-state index >= 15 is 0 Å². The summed E-state index contributed by atoms with van der Waals surface area (Å²) in [6.07, 6.45) is 36.6. The van der Waals surface area contributed by atoms with Crippen LogP contribution in [0.3, 0.4) is 0 Å². The number of carbonyl (C=O) groups is 6. The number of amides is 4. The Bertz CT molecular complexity index is 1430. The average Bonchev–Trinajstić information content (AvgIpc) is 3.58. The van der Waals surface area contributed by atoms with Gasteiger partial charge < -0.3 is 33.9 Å². The van der Waals surface area contributed by atoms with Gasteiger partial charge >= 0.3 is 19.5 Å². The van der Waals surface area contributed by atoms with Crippen molar-refractivity contribution in [2.75, 3.05) is 59.3 Å². The number of carbonyl (C=O) groups excluding carboxylic acids is 6. The fraction of sp³-hybridized carbons (Fsp3) is 0.889. The molecular formula is C54H100N3O12P. The van der Waals surface area contributed by atoms with Gasteiger partial charge in [-0.3, -0.25) is 38.2 Å². The van der Waals surface area contributed by atoms with Gasteiger partial charge in [0.1, 0.15) is 13.2 Å². The monoisotopic (exact) mass is 1010 g/mol. The second kappa shape index (κ2) is 44.8. The predicted octanol–water partition coefficient (Wildman–Crippen LogP) is 11.9. The number of ether oxygens (including phenoxy) is 3. The van der Waals surface area contributed by atoms with E-state index < -0.39 is 25.6 Å². The van der Waals surface area contributed by atoms with E-state index in [1.807, 2.05) is 0 Å². The molecule has 0 aromatic rings. The van der Waals surface area contributed by atoms with Crippen LogP contribution in [0.4, 0.5) is 0 Å². The zero-order valence-electron chi connectivity index (χ0n) is 44.6. The van der Waals surface area contributed by atoms with Crippen molar-refractivity contribution >= 4 is 43.2 Å². The number of hydrogen-bond donors (Lipinski definition) is 2. The van der Waals surface area contributed by atoms with E-state index in [-0.39, 0.29) is 108 Å². The maximum absolute atomic E-state index is 13.2. The van der Waals surface area contributed by atoms with Crippen molar-refractivity contribution in [1.29, 1.82) is 0 Å². The first kappa shape index (κ1) is 65.1. The quantitative estimate of drug-likeness (QED) is 0.0254. The Hall–Kier alpha value is -2.87. The van der Waals surface area contributed by atoms with E-state index in [1.54, 1.807) is 6.92 Å². The van der Waals surface area contributed by atoms with Gasteiger partial charge in [-0.15, -0.1) is 0 Å². The molecule has 0 aromatic carbocycles. The lowest BCUT2D eigenvalue weighted by Gasteiger charge is -2.21. The summed E-state index contributed by atoms with van der Waals surface area (Å²) in [5, 5.41) is 5.22. The Balaban J connectivity index is 2.36. The average molecular weight is 1010 g/mol. The Kier molecular flexibility index (Phi) is 41.7. The van der Waals surface area contributed by atoms with Crippen LogP contribution < -0.4 is 10.6 Å². The van der Waals surface area contributed by atoms with E-state index in [0.29, 0.717) is 6.42 Å². The molecule has 1 rings (SSSR count). The molecule has 4 amide bonds. The number of hydrogen-bond acceptors (Lipinski definition) is 12. The molecule has 408 valence electrons. The van der Waals surface area contributed by atoms with Crippen LogP contribution in [0.2, 0.25) is 0 Å². The highest BCUT2D eigenvalue weighted by Gasteiger charge is 2.35. The third-order valence-corrected chi connectivity index (χ3v) is 14.0. The van der Waals surface area contributed by atoms with Crippen molar-refractivity contribution in [3.05, 3.63) is 0 Å². The molecular weight excluding hydrogens is 914 g/mol. The van der Waals surface area contributed by atoms with Crippen LogP contribution in [-0.2, 0) is 56.6 Å². The summed E-state index contributed by atoms with van der Waals surface area (Å²) in [5.74, 6) is -2.51. The van der Waals surface area contributed by atoms with Crippen LogP contribution in [0.1, 0.15) is 239 Å². The minimum Gasteiger partial charge on any atom is -0.462 e. The Morgan fingerprint density at radius 3 is 1.46 bits per heavy atom. The van der Waals surface area contributed by atoms with Crippen LogP contribution >= 0.6 is 7.60 Å². The Morgan fingerprint density at radius 2 is 1.00 bits per heavy atom. The highest BCUT2D eigenvalue weighted by atomic mass is 31.2. The zero-order valence-corrected chi connectivity index (χ0v) is 45.5. The summed E-state index contributed by atoms with van der Waals surface area (Å²) in [5.41, 5.74) is 0. The van der Waals surface area contributed by atoms with Crippen LogP contribution in [0.25, 0.3) is 0 Å². The molecule has 1 saturated heterocycles. The van der Waals surface area contributed by atoms with Crippen molar-refractivity contribution in [2.24, 2.45) is 5.92 Å². The lowest BCUT2D eigenvalue weighted by molar-refractivity contribution is -0.161. The van der Waals surface area contributed by atoms with Gasteiger partial charge in [0, 0.05) is 57.9 Å². The van der Waals surface area contributed by atoms with Gasteiger partial charge in [0.15, 0.2) is 6.10 Å². The van der Waals surface area contributed by atoms with Gasteiger partial charge in [0.2, 0.25) is 23.6 Å². The van der Waals surface area contributed by atoms with Crippen LogP contribution in [0, 0.1) is 5.92 Å². The number of unbranched alkanes of at least 4 members (excludes halogenated alkanes) is 28. The Labute approximate surface area is 424 Å².